The summed E-state index contributed by atoms with van der Waals surface area (Å²) in [5, 5.41) is 14.3. The molecule has 0 unspecified atom stereocenters. The Morgan fingerprint density at radius 1 is 1.11 bits per heavy atom. The molecule has 0 radical (unpaired) electrons. The van der Waals surface area contributed by atoms with Crippen LogP contribution in [0.3, 0.4) is 0 Å². The molecule has 0 aromatic carbocycles. The molecule has 0 aliphatic carbocycles. The third kappa shape index (κ3) is 4.28. The van der Waals surface area contributed by atoms with E-state index in [1.807, 2.05) is 0 Å². The lowest BCUT2D eigenvalue weighted by Gasteiger charge is -2.10. The summed E-state index contributed by atoms with van der Waals surface area (Å²) in [6.45, 7) is 1.79. The van der Waals surface area contributed by atoms with E-state index < -0.39 is 16.5 Å². The summed E-state index contributed by atoms with van der Waals surface area (Å²) in [7, 11) is 0. The maximum Gasteiger partial charge on any atom is 0.355 e. The average molecular weight is 366 g/mol. The van der Waals surface area contributed by atoms with Crippen molar-refractivity contribution in [2.75, 3.05) is 10.7 Å². The van der Waals surface area contributed by atoms with Gasteiger partial charge in [-0.25, -0.2) is 15.0 Å². The largest absolute Gasteiger partial charge is 0.355 e. The maximum absolute atomic E-state index is 12.1. The minimum Gasteiger partial charge on any atom is -0.319 e. The molecule has 0 aliphatic rings. The molecule has 27 heavy (non-hydrogen) atoms. The summed E-state index contributed by atoms with van der Waals surface area (Å²) in [6, 6.07) is 8.20. The van der Waals surface area contributed by atoms with Crippen molar-refractivity contribution in [2.24, 2.45) is 0 Å². The fourth-order valence-electron chi connectivity index (χ4n) is 2.16. The number of rotatable bonds is 6. The minimum absolute atomic E-state index is 0.0613. The molecular formula is C16H14N8O3. The van der Waals surface area contributed by atoms with Crippen LogP contribution in [0.4, 0.5) is 23.1 Å². The van der Waals surface area contributed by atoms with Crippen molar-refractivity contribution in [3.8, 4) is 0 Å². The van der Waals surface area contributed by atoms with Crippen LogP contribution in [0.25, 0.3) is 0 Å². The first-order valence-electron chi connectivity index (χ1n) is 7.71. The summed E-state index contributed by atoms with van der Waals surface area (Å²) in [5.41, 5.74) is 5.44. The average Bonchev–Trinajstić information content (AvgIpc) is 2.66. The zero-order valence-electron chi connectivity index (χ0n) is 14.1. The van der Waals surface area contributed by atoms with Crippen LogP contribution in [0, 0.1) is 17.0 Å². The second kappa shape index (κ2) is 7.82. The van der Waals surface area contributed by atoms with Crippen molar-refractivity contribution < 1.29 is 9.72 Å². The van der Waals surface area contributed by atoms with Gasteiger partial charge in [-0.1, -0.05) is 6.07 Å². The SMILES string of the molecule is Cc1cccc(Nc2ncnc(NNC(=O)c3ccncc3)c2[N+](=O)[O-])n1. The topological polar surface area (TPSA) is 148 Å². The van der Waals surface area contributed by atoms with Crippen LogP contribution in [0.5, 0.6) is 0 Å². The molecule has 0 fully saturated rings. The number of nitrogens with one attached hydrogen (secondary N) is 3. The standard InChI is InChI=1S/C16H14N8O3/c1-10-3-2-4-12(20-10)21-14-13(24(26)27)15(19-9-18-14)22-23-16(25)11-5-7-17-8-6-11/h2-9H,1H3,(H,23,25)(H2,18,19,20,21,22). The van der Waals surface area contributed by atoms with E-state index in [1.165, 1.54) is 24.5 Å². The Morgan fingerprint density at radius 3 is 2.56 bits per heavy atom. The molecule has 3 aromatic heterocycles. The molecule has 3 aromatic rings. The summed E-state index contributed by atoms with van der Waals surface area (Å²) in [5.74, 6) is -0.343. The molecule has 0 saturated carbocycles. The van der Waals surface area contributed by atoms with E-state index in [2.05, 4.69) is 36.1 Å². The number of aryl methyl sites for hydroxylation is 1. The summed E-state index contributed by atoms with van der Waals surface area (Å²) < 4.78 is 0. The highest BCUT2D eigenvalue weighted by Crippen LogP contribution is 2.30. The monoisotopic (exact) mass is 366 g/mol. The lowest BCUT2D eigenvalue weighted by Crippen LogP contribution is -2.30. The number of pyridine rings is 2. The highest BCUT2D eigenvalue weighted by molar-refractivity contribution is 5.94. The molecule has 3 N–H and O–H groups in total. The third-order valence-corrected chi connectivity index (χ3v) is 3.38. The molecule has 11 nitrogen and oxygen atoms in total. The Kier molecular flexibility index (Phi) is 5.12. The number of hydrogen-bond donors (Lipinski definition) is 3. The molecule has 0 bridgehead atoms. The fourth-order valence-corrected chi connectivity index (χ4v) is 2.16. The van der Waals surface area contributed by atoms with Crippen LogP contribution in [0.2, 0.25) is 0 Å². The maximum atomic E-state index is 12.1. The number of anilines is 3. The Morgan fingerprint density at radius 2 is 1.85 bits per heavy atom. The predicted molar refractivity (Wildman–Crippen MR) is 96.3 cm³/mol. The predicted octanol–water partition coefficient (Wildman–Crippen LogP) is 1.98. The number of carbonyl (C=O) groups excluding carboxylic acids is 1. The van der Waals surface area contributed by atoms with E-state index in [4.69, 9.17) is 0 Å². The molecule has 1 amide bonds. The van der Waals surface area contributed by atoms with Crippen LogP contribution in [-0.4, -0.2) is 30.8 Å². The number of amides is 1. The number of hydrogen-bond acceptors (Lipinski definition) is 9. The Bertz CT molecular complexity index is 980. The van der Waals surface area contributed by atoms with Crippen molar-refractivity contribution in [1.29, 1.82) is 0 Å². The van der Waals surface area contributed by atoms with E-state index in [0.717, 1.165) is 12.0 Å². The van der Waals surface area contributed by atoms with E-state index in [0.29, 0.717) is 11.4 Å². The van der Waals surface area contributed by atoms with Gasteiger partial charge < -0.3 is 5.32 Å². The van der Waals surface area contributed by atoms with Gasteiger partial charge >= 0.3 is 5.69 Å². The zero-order chi connectivity index (χ0) is 19.2. The molecule has 0 saturated heterocycles. The van der Waals surface area contributed by atoms with Gasteiger partial charge in [-0.3, -0.25) is 30.7 Å². The Balaban J connectivity index is 1.83. The van der Waals surface area contributed by atoms with E-state index in [-0.39, 0.29) is 11.6 Å². The zero-order valence-corrected chi connectivity index (χ0v) is 14.1. The van der Waals surface area contributed by atoms with Crippen molar-refractivity contribution in [3.63, 3.8) is 0 Å². The van der Waals surface area contributed by atoms with Crippen LogP contribution < -0.4 is 16.2 Å². The van der Waals surface area contributed by atoms with Gasteiger partial charge in [0, 0.05) is 23.7 Å². The minimum atomic E-state index is -0.654. The second-order valence-corrected chi connectivity index (χ2v) is 5.28. The lowest BCUT2D eigenvalue weighted by atomic mass is 10.3. The van der Waals surface area contributed by atoms with E-state index in [9.17, 15) is 14.9 Å². The van der Waals surface area contributed by atoms with E-state index >= 15 is 0 Å². The Labute approximate surface area is 153 Å². The number of nitro groups is 1. The highest BCUT2D eigenvalue weighted by Gasteiger charge is 2.24. The van der Waals surface area contributed by atoms with Crippen molar-refractivity contribution in [3.05, 3.63) is 70.4 Å². The number of carbonyl (C=O) groups is 1. The van der Waals surface area contributed by atoms with Gasteiger partial charge in [-0.15, -0.1) is 0 Å². The number of aromatic nitrogens is 4. The first-order chi connectivity index (χ1) is 13.0. The first-order valence-corrected chi connectivity index (χ1v) is 7.71. The molecular weight excluding hydrogens is 352 g/mol. The highest BCUT2D eigenvalue weighted by atomic mass is 16.6. The third-order valence-electron chi connectivity index (χ3n) is 3.38. The van der Waals surface area contributed by atoms with Gasteiger partial charge in [-0.2, -0.15) is 0 Å². The Hall–Kier alpha value is -4.15. The first kappa shape index (κ1) is 17.7. The fraction of sp³-hybridized carbons (Fsp3) is 0.0625. The molecule has 0 aliphatic heterocycles. The normalized spacial score (nSPS) is 10.1. The molecule has 0 atom stereocenters. The quantitative estimate of drug-likeness (QED) is 0.440. The van der Waals surface area contributed by atoms with Crippen molar-refractivity contribution in [2.45, 2.75) is 6.92 Å². The van der Waals surface area contributed by atoms with Gasteiger partial charge in [0.1, 0.15) is 12.1 Å². The smallest absolute Gasteiger partial charge is 0.319 e. The van der Waals surface area contributed by atoms with Crippen LogP contribution >= 0.6 is 0 Å². The van der Waals surface area contributed by atoms with Crippen molar-refractivity contribution in [1.82, 2.24) is 25.4 Å². The van der Waals surface area contributed by atoms with Gasteiger partial charge in [0.05, 0.1) is 4.92 Å². The second-order valence-electron chi connectivity index (χ2n) is 5.28. The molecule has 3 rings (SSSR count). The summed E-state index contributed by atoms with van der Waals surface area (Å²) in [6.07, 6.45) is 4.05. The van der Waals surface area contributed by atoms with Crippen molar-refractivity contribution >= 4 is 29.0 Å². The number of nitrogens with zero attached hydrogens (tertiary/aromatic N) is 5. The molecule has 3 heterocycles. The van der Waals surface area contributed by atoms with Gasteiger partial charge in [-0.05, 0) is 31.2 Å². The number of hydrazine groups is 1. The van der Waals surface area contributed by atoms with Crippen LogP contribution in [0.1, 0.15) is 16.1 Å². The summed E-state index contributed by atoms with van der Waals surface area (Å²) >= 11 is 0. The molecule has 136 valence electrons. The van der Waals surface area contributed by atoms with Crippen LogP contribution in [-0.2, 0) is 0 Å². The summed E-state index contributed by atoms with van der Waals surface area (Å²) in [4.78, 5) is 38.7. The van der Waals surface area contributed by atoms with E-state index in [1.54, 1.807) is 25.1 Å². The lowest BCUT2D eigenvalue weighted by molar-refractivity contribution is -0.383. The van der Waals surface area contributed by atoms with Gasteiger partial charge in [0.15, 0.2) is 0 Å². The van der Waals surface area contributed by atoms with Crippen LogP contribution in [0.15, 0.2) is 49.1 Å². The molecule has 0 spiro atoms. The molecule has 11 heteroatoms. The van der Waals surface area contributed by atoms with Gasteiger partial charge in [0.2, 0.25) is 11.6 Å². The van der Waals surface area contributed by atoms with Gasteiger partial charge in [0.25, 0.3) is 5.91 Å².